The lowest BCUT2D eigenvalue weighted by Crippen LogP contribution is -2.24. The fourth-order valence-electron chi connectivity index (χ4n) is 3.38. The Labute approximate surface area is 176 Å². The molecule has 0 bridgehead atoms. The van der Waals surface area contributed by atoms with Crippen LogP contribution in [0.5, 0.6) is 0 Å². The van der Waals surface area contributed by atoms with Crippen LogP contribution in [0, 0.1) is 0 Å². The number of amides is 2. The summed E-state index contributed by atoms with van der Waals surface area (Å²) in [6, 6.07) is 14.5. The minimum absolute atomic E-state index is 0.120. The number of alkyl halides is 3. The van der Waals surface area contributed by atoms with Gasteiger partial charge in [0.25, 0.3) is 5.91 Å². The minimum Gasteiger partial charge on any atom is -0.348 e. The molecule has 1 saturated heterocycles. The molecule has 0 aliphatic carbocycles. The summed E-state index contributed by atoms with van der Waals surface area (Å²) in [7, 11) is 0. The summed E-state index contributed by atoms with van der Waals surface area (Å²) in [6.07, 6.45) is -1.86. The maximum absolute atomic E-state index is 12.7. The topological polar surface area (TPSA) is 67.2 Å². The molecule has 2 aromatic carbocycles. The van der Waals surface area contributed by atoms with Crippen molar-refractivity contribution >= 4 is 17.5 Å². The molecule has 2 heterocycles. The van der Waals surface area contributed by atoms with Crippen molar-refractivity contribution in [1.82, 2.24) is 15.1 Å². The van der Waals surface area contributed by atoms with Crippen molar-refractivity contribution in [3.05, 3.63) is 77.6 Å². The lowest BCUT2D eigenvalue weighted by Gasteiger charge is -2.16. The van der Waals surface area contributed by atoms with Crippen molar-refractivity contribution in [1.29, 1.82) is 0 Å². The Bertz CT molecular complexity index is 1090. The number of aromatic nitrogens is 2. The first-order valence-electron chi connectivity index (χ1n) is 9.72. The molecule has 31 heavy (non-hydrogen) atoms. The maximum Gasteiger partial charge on any atom is 0.435 e. The summed E-state index contributed by atoms with van der Waals surface area (Å²) in [5, 5.41) is 6.31. The molecule has 1 fully saturated rings. The number of anilines is 1. The number of rotatable bonds is 5. The van der Waals surface area contributed by atoms with E-state index in [1.807, 2.05) is 24.3 Å². The predicted octanol–water partition coefficient (Wildman–Crippen LogP) is 3.95. The van der Waals surface area contributed by atoms with Crippen LogP contribution in [0.4, 0.5) is 18.9 Å². The number of nitrogens with zero attached hydrogens (tertiary/aromatic N) is 3. The lowest BCUT2D eigenvalue weighted by atomic mass is 10.1. The first kappa shape index (κ1) is 20.6. The van der Waals surface area contributed by atoms with Crippen LogP contribution < -0.4 is 10.2 Å². The standard InChI is InChI=1S/C22H19F3N4O2/c23-22(24,25)19-11-13-29(27-19)18-9-5-16(6-10-18)21(31)26-14-15-3-7-17(8-4-15)28-12-1-2-20(28)30/h3-11,13H,1-2,12,14H2,(H,26,31). The number of carbonyl (C=O) groups excluding carboxylic acids is 2. The Hall–Kier alpha value is -3.62. The Balaban J connectivity index is 1.35. The molecule has 4 rings (SSSR count). The number of nitrogens with one attached hydrogen (secondary N) is 1. The van der Waals surface area contributed by atoms with Gasteiger partial charge in [-0.15, -0.1) is 0 Å². The number of carbonyl (C=O) groups is 2. The second-order valence-electron chi connectivity index (χ2n) is 7.19. The smallest absolute Gasteiger partial charge is 0.348 e. The highest BCUT2D eigenvalue weighted by atomic mass is 19.4. The van der Waals surface area contributed by atoms with Gasteiger partial charge in [0, 0.05) is 37.0 Å². The molecule has 1 aromatic heterocycles. The summed E-state index contributed by atoms with van der Waals surface area (Å²) >= 11 is 0. The van der Waals surface area contributed by atoms with E-state index in [0.29, 0.717) is 24.2 Å². The van der Waals surface area contributed by atoms with Gasteiger partial charge < -0.3 is 10.2 Å². The molecule has 1 aliphatic rings. The van der Waals surface area contributed by atoms with Crippen LogP contribution in [0.2, 0.25) is 0 Å². The molecule has 0 saturated carbocycles. The second-order valence-corrected chi connectivity index (χ2v) is 7.19. The van der Waals surface area contributed by atoms with Gasteiger partial charge in [0.15, 0.2) is 5.69 Å². The van der Waals surface area contributed by atoms with Gasteiger partial charge in [0.2, 0.25) is 5.91 Å². The van der Waals surface area contributed by atoms with E-state index < -0.39 is 11.9 Å². The van der Waals surface area contributed by atoms with Gasteiger partial charge in [-0.25, -0.2) is 4.68 Å². The molecule has 0 unspecified atom stereocenters. The van der Waals surface area contributed by atoms with Crippen LogP contribution in [0.3, 0.4) is 0 Å². The molecule has 6 nitrogen and oxygen atoms in total. The van der Waals surface area contributed by atoms with Gasteiger partial charge in [-0.2, -0.15) is 18.3 Å². The SMILES string of the molecule is O=C(NCc1ccc(N2CCCC2=O)cc1)c1ccc(-n2ccc(C(F)(F)F)n2)cc1. The van der Waals surface area contributed by atoms with E-state index in [0.717, 1.165) is 35.0 Å². The van der Waals surface area contributed by atoms with Crippen LogP contribution in [0.25, 0.3) is 5.69 Å². The predicted molar refractivity (Wildman–Crippen MR) is 108 cm³/mol. The van der Waals surface area contributed by atoms with Gasteiger partial charge in [0.05, 0.1) is 5.69 Å². The molecule has 0 radical (unpaired) electrons. The highest BCUT2D eigenvalue weighted by Gasteiger charge is 2.33. The van der Waals surface area contributed by atoms with E-state index >= 15 is 0 Å². The first-order chi connectivity index (χ1) is 14.8. The third-order valence-corrected chi connectivity index (χ3v) is 5.05. The Kier molecular flexibility index (Phi) is 5.50. The average molecular weight is 428 g/mol. The van der Waals surface area contributed by atoms with Crippen LogP contribution >= 0.6 is 0 Å². The fraction of sp³-hybridized carbons (Fsp3) is 0.227. The molecule has 0 atom stereocenters. The Morgan fingerprint density at radius 1 is 1.00 bits per heavy atom. The van der Waals surface area contributed by atoms with Crippen LogP contribution in [-0.2, 0) is 17.5 Å². The molecular weight excluding hydrogens is 409 g/mol. The zero-order valence-corrected chi connectivity index (χ0v) is 16.4. The van der Waals surface area contributed by atoms with Gasteiger partial charge >= 0.3 is 6.18 Å². The van der Waals surface area contributed by atoms with Gasteiger partial charge in [0.1, 0.15) is 0 Å². The summed E-state index contributed by atoms with van der Waals surface area (Å²) in [4.78, 5) is 25.9. The van der Waals surface area contributed by atoms with Gasteiger partial charge in [-0.3, -0.25) is 9.59 Å². The minimum atomic E-state index is -4.51. The zero-order chi connectivity index (χ0) is 22.0. The zero-order valence-electron chi connectivity index (χ0n) is 16.4. The van der Waals surface area contributed by atoms with Gasteiger partial charge in [-0.1, -0.05) is 12.1 Å². The quantitative estimate of drug-likeness (QED) is 0.669. The van der Waals surface area contributed by atoms with E-state index in [2.05, 4.69) is 10.4 Å². The Morgan fingerprint density at radius 2 is 1.68 bits per heavy atom. The van der Waals surface area contributed by atoms with Crippen molar-refractivity contribution in [2.75, 3.05) is 11.4 Å². The highest BCUT2D eigenvalue weighted by Crippen LogP contribution is 2.28. The average Bonchev–Trinajstić information content (AvgIpc) is 3.42. The molecular formula is C22H19F3N4O2. The van der Waals surface area contributed by atoms with E-state index in [-0.39, 0.29) is 11.8 Å². The van der Waals surface area contributed by atoms with Crippen molar-refractivity contribution in [3.8, 4) is 5.69 Å². The number of hydrogen-bond donors (Lipinski definition) is 1. The highest BCUT2D eigenvalue weighted by molar-refractivity contribution is 5.95. The molecule has 9 heteroatoms. The fourth-order valence-corrected chi connectivity index (χ4v) is 3.38. The second kappa shape index (κ2) is 8.25. The summed E-state index contributed by atoms with van der Waals surface area (Å²) in [5.74, 6) is -0.184. The number of benzene rings is 2. The van der Waals surface area contributed by atoms with Gasteiger partial charge in [-0.05, 0) is 54.4 Å². The van der Waals surface area contributed by atoms with Crippen molar-refractivity contribution < 1.29 is 22.8 Å². The van der Waals surface area contributed by atoms with Crippen molar-refractivity contribution in [3.63, 3.8) is 0 Å². The van der Waals surface area contributed by atoms with E-state index in [9.17, 15) is 22.8 Å². The molecule has 0 spiro atoms. The first-order valence-corrected chi connectivity index (χ1v) is 9.72. The summed E-state index contributed by atoms with van der Waals surface area (Å²) in [5.41, 5.74) is 1.55. The van der Waals surface area contributed by atoms with Crippen molar-refractivity contribution in [2.45, 2.75) is 25.6 Å². The third-order valence-electron chi connectivity index (χ3n) is 5.05. The monoisotopic (exact) mass is 428 g/mol. The van der Waals surface area contributed by atoms with E-state index in [1.165, 1.54) is 30.5 Å². The van der Waals surface area contributed by atoms with Crippen LogP contribution in [-0.4, -0.2) is 28.1 Å². The summed E-state index contributed by atoms with van der Waals surface area (Å²) < 4.78 is 39.2. The normalized spacial score (nSPS) is 14.2. The van der Waals surface area contributed by atoms with E-state index in [1.54, 1.807) is 4.90 Å². The molecule has 1 aliphatic heterocycles. The van der Waals surface area contributed by atoms with Crippen LogP contribution in [0.1, 0.15) is 34.5 Å². The third kappa shape index (κ3) is 4.60. The van der Waals surface area contributed by atoms with Crippen LogP contribution in [0.15, 0.2) is 60.8 Å². The lowest BCUT2D eigenvalue weighted by molar-refractivity contribution is -0.141. The summed E-state index contributed by atoms with van der Waals surface area (Å²) in [6.45, 7) is 1.03. The molecule has 3 aromatic rings. The molecule has 1 N–H and O–H groups in total. The molecule has 2 amide bonds. The van der Waals surface area contributed by atoms with Crippen molar-refractivity contribution in [2.24, 2.45) is 0 Å². The number of hydrogen-bond acceptors (Lipinski definition) is 3. The largest absolute Gasteiger partial charge is 0.435 e. The molecule has 160 valence electrons. The number of halogens is 3. The Morgan fingerprint density at radius 3 is 2.26 bits per heavy atom. The maximum atomic E-state index is 12.7. The van der Waals surface area contributed by atoms with E-state index in [4.69, 9.17) is 0 Å².